The van der Waals surface area contributed by atoms with E-state index in [1.807, 2.05) is 12.1 Å². The zero-order chi connectivity index (χ0) is 20.1. The van der Waals surface area contributed by atoms with Crippen LogP contribution in [0.15, 0.2) is 24.3 Å². The van der Waals surface area contributed by atoms with Crippen LogP contribution in [0, 0.1) is 6.92 Å². The van der Waals surface area contributed by atoms with Crippen molar-refractivity contribution in [2.24, 2.45) is 0 Å². The normalized spacial score (nSPS) is 15.1. The average Bonchev–Trinajstić information content (AvgIpc) is 2.91. The van der Waals surface area contributed by atoms with Gasteiger partial charge in [-0.25, -0.2) is 0 Å². The molecule has 3 rings (SSSR count). The van der Waals surface area contributed by atoms with E-state index in [-0.39, 0.29) is 11.8 Å². The number of nitrogens with zero attached hydrogens (tertiary/aromatic N) is 6. The minimum Gasteiger partial charge on any atom is -0.341 e. The second kappa shape index (κ2) is 8.97. The maximum Gasteiger partial charge on any atom is 0.246 e. The van der Waals surface area contributed by atoms with Crippen LogP contribution in [0.4, 0.5) is 0 Å². The highest BCUT2D eigenvalue weighted by Crippen LogP contribution is 2.18. The number of tetrazole rings is 1. The highest BCUT2D eigenvalue weighted by molar-refractivity contribution is 6.30. The second-order valence-corrected chi connectivity index (χ2v) is 7.16. The summed E-state index contributed by atoms with van der Waals surface area (Å²) in [6.07, 6.45) is 4.13. The molecule has 1 aliphatic rings. The van der Waals surface area contributed by atoms with E-state index in [0.717, 1.165) is 17.5 Å². The van der Waals surface area contributed by atoms with E-state index < -0.39 is 0 Å². The Kier molecular flexibility index (Phi) is 6.41. The first-order valence-corrected chi connectivity index (χ1v) is 9.55. The van der Waals surface area contributed by atoms with Crippen molar-refractivity contribution in [3.63, 3.8) is 0 Å². The summed E-state index contributed by atoms with van der Waals surface area (Å²) in [6, 6.07) is 5.48. The Morgan fingerprint density at radius 2 is 1.93 bits per heavy atom. The van der Waals surface area contributed by atoms with E-state index in [2.05, 4.69) is 15.4 Å². The van der Waals surface area contributed by atoms with Crippen LogP contribution in [0.25, 0.3) is 6.08 Å². The lowest BCUT2D eigenvalue weighted by atomic mass is 10.1. The standard InChI is InChI=1S/C19H23ClN6O2/c1-14-21-23-26(22-14)13-17-12-18(20)6-4-16(17)5-7-19(28)25-9-3-8-24(10-11-25)15(2)27/h4-7,12H,3,8-11,13H2,1-2H3. The molecule has 0 bridgehead atoms. The smallest absolute Gasteiger partial charge is 0.246 e. The molecule has 1 aromatic heterocycles. The number of amides is 2. The first-order chi connectivity index (χ1) is 13.4. The van der Waals surface area contributed by atoms with E-state index in [4.69, 9.17) is 11.6 Å². The SMILES string of the molecule is CC(=O)N1CCCN(C(=O)C=Cc2ccc(Cl)cc2Cn2nnc(C)n2)CC1. The Morgan fingerprint density at radius 1 is 1.18 bits per heavy atom. The molecule has 1 aromatic carbocycles. The van der Waals surface area contributed by atoms with Gasteiger partial charge in [-0.15, -0.1) is 10.2 Å². The van der Waals surface area contributed by atoms with E-state index >= 15 is 0 Å². The molecule has 0 aliphatic carbocycles. The minimum absolute atomic E-state index is 0.0487. The molecule has 2 amide bonds. The molecular weight excluding hydrogens is 380 g/mol. The van der Waals surface area contributed by atoms with Gasteiger partial charge in [-0.3, -0.25) is 9.59 Å². The zero-order valence-electron chi connectivity index (χ0n) is 16.0. The van der Waals surface area contributed by atoms with E-state index in [1.165, 1.54) is 4.80 Å². The number of aryl methyl sites for hydroxylation is 1. The van der Waals surface area contributed by atoms with Crippen molar-refractivity contribution in [2.45, 2.75) is 26.8 Å². The van der Waals surface area contributed by atoms with E-state index in [1.54, 1.807) is 41.9 Å². The fourth-order valence-electron chi connectivity index (χ4n) is 3.14. The quantitative estimate of drug-likeness (QED) is 0.728. The Hall–Kier alpha value is -2.74. The first-order valence-electron chi connectivity index (χ1n) is 9.18. The van der Waals surface area contributed by atoms with Crippen LogP contribution in [0.1, 0.15) is 30.3 Å². The molecule has 8 nitrogen and oxygen atoms in total. The number of carbonyl (C=O) groups is 2. The minimum atomic E-state index is -0.0685. The molecule has 0 radical (unpaired) electrons. The molecule has 1 aliphatic heterocycles. The molecule has 0 unspecified atom stereocenters. The van der Waals surface area contributed by atoms with Gasteiger partial charge in [0.25, 0.3) is 0 Å². The van der Waals surface area contributed by atoms with Crippen LogP contribution >= 0.6 is 11.6 Å². The van der Waals surface area contributed by atoms with Crippen molar-refractivity contribution < 1.29 is 9.59 Å². The number of hydrogen-bond donors (Lipinski definition) is 0. The largest absolute Gasteiger partial charge is 0.341 e. The molecule has 0 spiro atoms. The van der Waals surface area contributed by atoms with Gasteiger partial charge in [-0.05, 0) is 47.9 Å². The predicted octanol–water partition coefficient (Wildman–Crippen LogP) is 1.78. The van der Waals surface area contributed by atoms with E-state index in [9.17, 15) is 9.59 Å². The summed E-state index contributed by atoms with van der Waals surface area (Å²) in [6.45, 7) is 6.18. The molecule has 0 N–H and O–H groups in total. The summed E-state index contributed by atoms with van der Waals surface area (Å²) < 4.78 is 0. The number of carbonyl (C=O) groups excluding carboxylic acids is 2. The molecule has 9 heteroatoms. The lowest BCUT2D eigenvalue weighted by molar-refractivity contribution is -0.130. The fraction of sp³-hybridized carbons (Fsp3) is 0.421. The highest BCUT2D eigenvalue weighted by Gasteiger charge is 2.18. The summed E-state index contributed by atoms with van der Waals surface area (Å²) >= 11 is 6.13. The summed E-state index contributed by atoms with van der Waals surface area (Å²) in [5.41, 5.74) is 1.76. The lowest BCUT2D eigenvalue weighted by Crippen LogP contribution is -2.35. The Bertz CT molecular complexity index is 894. The van der Waals surface area contributed by atoms with Crippen molar-refractivity contribution in [3.8, 4) is 0 Å². The number of hydrogen-bond acceptors (Lipinski definition) is 5. The van der Waals surface area contributed by atoms with Gasteiger partial charge in [0, 0.05) is 44.2 Å². The van der Waals surface area contributed by atoms with Crippen LogP contribution in [0.5, 0.6) is 0 Å². The van der Waals surface area contributed by atoms with Crippen LogP contribution in [-0.4, -0.2) is 68.0 Å². The average molecular weight is 403 g/mol. The summed E-state index contributed by atoms with van der Waals surface area (Å²) in [5.74, 6) is 0.573. The van der Waals surface area contributed by atoms with Gasteiger partial charge in [0.15, 0.2) is 5.82 Å². The summed E-state index contributed by atoms with van der Waals surface area (Å²) in [4.78, 5) is 29.2. The predicted molar refractivity (Wildman–Crippen MR) is 106 cm³/mol. The number of benzene rings is 1. The molecular formula is C19H23ClN6O2. The van der Waals surface area contributed by atoms with Crippen molar-refractivity contribution >= 4 is 29.5 Å². The topological polar surface area (TPSA) is 84.2 Å². The zero-order valence-corrected chi connectivity index (χ0v) is 16.8. The molecule has 0 atom stereocenters. The van der Waals surface area contributed by atoms with Crippen LogP contribution < -0.4 is 0 Å². The summed E-state index contributed by atoms with van der Waals surface area (Å²) in [7, 11) is 0. The molecule has 0 saturated carbocycles. The van der Waals surface area contributed by atoms with Crippen LogP contribution in [0.3, 0.4) is 0 Å². The Balaban J connectivity index is 1.71. The third-order valence-corrected chi connectivity index (χ3v) is 4.86. The third-order valence-electron chi connectivity index (χ3n) is 4.63. The third kappa shape index (κ3) is 5.16. The Labute approximate surface area is 168 Å². The van der Waals surface area contributed by atoms with Gasteiger partial charge in [0.1, 0.15) is 0 Å². The van der Waals surface area contributed by atoms with Gasteiger partial charge >= 0.3 is 0 Å². The Morgan fingerprint density at radius 3 is 2.64 bits per heavy atom. The second-order valence-electron chi connectivity index (χ2n) is 6.73. The van der Waals surface area contributed by atoms with Crippen LogP contribution in [0.2, 0.25) is 5.02 Å². The van der Waals surface area contributed by atoms with Gasteiger partial charge in [-0.2, -0.15) is 4.80 Å². The number of aromatic nitrogens is 4. The van der Waals surface area contributed by atoms with Gasteiger partial charge < -0.3 is 9.80 Å². The number of halogens is 1. The molecule has 1 saturated heterocycles. The lowest BCUT2D eigenvalue weighted by Gasteiger charge is -2.20. The van der Waals surface area contributed by atoms with Crippen molar-refractivity contribution in [1.29, 1.82) is 0 Å². The molecule has 28 heavy (non-hydrogen) atoms. The number of rotatable bonds is 4. The fourth-order valence-corrected chi connectivity index (χ4v) is 3.33. The van der Waals surface area contributed by atoms with Crippen molar-refractivity contribution in [2.75, 3.05) is 26.2 Å². The van der Waals surface area contributed by atoms with Crippen molar-refractivity contribution in [3.05, 3.63) is 46.2 Å². The van der Waals surface area contributed by atoms with Gasteiger partial charge in [-0.1, -0.05) is 17.7 Å². The van der Waals surface area contributed by atoms with E-state index in [0.29, 0.717) is 43.6 Å². The van der Waals surface area contributed by atoms with Crippen LogP contribution in [-0.2, 0) is 16.1 Å². The van der Waals surface area contributed by atoms with Crippen molar-refractivity contribution in [1.82, 2.24) is 30.0 Å². The first kappa shape index (κ1) is 20.0. The molecule has 1 fully saturated rings. The van der Waals surface area contributed by atoms with Gasteiger partial charge in [0.2, 0.25) is 11.8 Å². The monoisotopic (exact) mass is 402 g/mol. The van der Waals surface area contributed by atoms with Gasteiger partial charge in [0.05, 0.1) is 6.54 Å². The highest BCUT2D eigenvalue weighted by atomic mass is 35.5. The maximum atomic E-state index is 12.6. The molecule has 148 valence electrons. The summed E-state index contributed by atoms with van der Waals surface area (Å²) in [5, 5.41) is 12.7. The maximum absolute atomic E-state index is 12.6. The molecule has 2 aromatic rings. The molecule has 2 heterocycles.